The molecule has 0 saturated carbocycles. The fourth-order valence-electron chi connectivity index (χ4n) is 3.16. The molecule has 0 bridgehead atoms. The number of non-ortho nitro benzene ring substituents is 1. The number of nitro groups is 1. The number of nitrogens with one attached hydrogen (secondary N) is 1. The summed E-state index contributed by atoms with van der Waals surface area (Å²) in [5.41, 5.74) is 0.701. The van der Waals surface area contributed by atoms with Gasteiger partial charge in [-0.05, 0) is 24.3 Å². The van der Waals surface area contributed by atoms with Gasteiger partial charge in [0.25, 0.3) is 11.6 Å². The number of aromatic nitrogens is 3. The molecule has 1 saturated heterocycles. The van der Waals surface area contributed by atoms with Crippen LogP contribution in [0.1, 0.15) is 10.4 Å². The van der Waals surface area contributed by atoms with Crippen molar-refractivity contribution < 1.29 is 9.72 Å². The molecular weight excluding hydrogens is 386 g/mol. The predicted octanol–water partition coefficient (Wildman–Crippen LogP) is 2.36. The van der Waals surface area contributed by atoms with Crippen molar-refractivity contribution in [1.29, 1.82) is 0 Å². The Kier molecular flexibility index (Phi) is 5.46. The van der Waals surface area contributed by atoms with E-state index < -0.39 is 4.92 Å². The fraction of sp³-hybridized carbons (Fsp3) is 0.200. The van der Waals surface area contributed by atoms with Gasteiger partial charge < -0.3 is 15.1 Å². The lowest BCUT2D eigenvalue weighted by atomic mass is 10.2. The van der Waals surface area contributed by atoms with E-state index in [1.54, 1.807) is 18.6 Å². The van der Waals surface area contributed by atoms with Crippen LogP contribution in [-0.2, 0) is 0 Å². The van der Waals surface area contributed by atoms with E-state index in [2.05, 4.69) is 30.1 Å². The molecule has 2 aromatic heterocycles. The molecule has 1 fully saturated rings. The second-order valence-electron chi connectivity index (χ2n) is 6.69. The van der Waals surface area contributed by atoms with E-state index in [-0.39, 0.29) is 11.6 Å². The number of rotatable bonds is 5. The van der Waals surface area contributed by atoms with E-state index in [1.807, 2.05) is 18.2 Å². The average molecular weight is 405 g/mol. The third kappa shape index (κ3) is 4.32. The van der Waals surface area contributed by atoms with Crippen LogP contribution < -0.4 is 15.1 Å². The van der Waals surface area contributed by atoms with Gasteiger partial charge >= 0.3 is 0 Å². The zero-order valence-corrected chi connectivity index (χ0v) is 16.0. The zero-order valence-electron chi connectivity index (χ0n) is 16.0. The first-order valence-corrected chi connectivity index (χ1v) is 9.39. The highest BCUT2D eigenvalue weighted by Gasteiger charge is 2.20. The van der Waals surface area contributed by atoms with Crippen molar-refractivity contribution in [3.63, 3.8) is 0 Å². The van der Waals surface area contributed by atoms with Gasteiger partial charge in [-0.25, -0.2) is 15.0 Å². The molecule has 1 N–H and O–H groups in total. The molecule has 0 atom stereocenters. The van der Waals surface area contributed by atoms with E-state index in [9.17, 15) is 14.9 Å². The number of carbonyl (C=O) groups is 1. The first kappa shape index (κ1) is 19.2. The molecule has 0 aliphatic carbocycles. The van der Waals surface area contributed by atoms with Gasteiger partial charge in [0.2, 0.25) is 5.95 Å². The number of hydrogen-bond acceptors (Lipinski definition) is 8. The molecule has 0 unspecified atom stereocenters. The number of nitro benzene ring substituents is 1. The molecule has 1 aromatic carbocycles. The van der Waals surface area contributed by atoms with E-state index >= 15 is 0 Å². The van der Waals surface area contributed by atoms with Crippen molar-refractivity contribution in [3.05, 3.63) is 76.7 Å². The Balaban J connectivity index is 1.34. The number of hydrogen-bond donors (Lipinski definition) is 1. The van der Waals surface area contributed by atoms with Gasteiger partial charge in [-0.1, -0.05) is 6.07 Å². The molecule has 1 amide bonds. The van der Waals surface area contributed by atoms with E-state index in [1.165, 1.54) is 24.3 Å². The Morgan fingerprint density at radius 2 is 1.60 bits per heavy atom. The lowest BCUT2D eigenvalue weighted by molar-refractivity contribution is -0.384. The number of amides is 1. The van der Waals surface area contributed by atoms with Gasteiger partial charge in [-0.2, -0.15) is 0 Å². The smallest absolute Gasteiger partial charge is 0.269 e. The van der Waals surface area contributed by atoms with Crippen molar-refractivity contribution in [2.24, 2.45) is 0 Å². The van der Waals surface area contributed by atoms with Gasteiger partial charge in [0.05, 0.1) is 23.0 Å². The molecular formula is C20H19N7O3. The second-order valence-corrected chi connectivity index (χ2v) is 6.69. The minimum Gasteiger partial charge on any atom is -0.353 e. The Labute approximate surface area is 172 Å². The molecule has 152 valence electrons. The number of benzene rings is 1. The SMILES string of the molecule is O=C(Nc1cnc(N2CCN(c3ccccn3)CC2)nc1)c1ccc([N+](=O)[O-])cc1. The lowest BCUT2D eigenvalue weighted by Gasteiger charge is -2.35. The zero-order chi connectivity index (χ0) is 20.9. The molecule has 4 rings (SSSR count). The van der Waals surface area contributed by atoms with Crippen LogP contribution in [0.4, 0.5) is 23.1 Å². The Hall–Kier alpha value is -4.08. The van der Waals surface area contributed by atoms with Crippen molar-refractivity contribution in [2.45, 2.75) is 0 Å². The predicted molar refractivity (Wildman–Crippen MR) is 112 cm³/mol. The largest absolute Gasteiger partial charge is 0.353 e. The number of nitrogens with zero attached hydrogens (tertiary/aromatic N) is 6. The lowest BCUT2D eigenvalue weighted by Crippen LogP contribution is -2.47. The minimum atomic E-state index is -0.509. The van der Waals surface area contributed by atoms with Crippen LogP contribution in [0.15, 0.2) is 61.1 Å². The van der Waals surface area contributed by atoms with Gasteiger partial charge in [-0.15, -0.1) is 0 Å². The summed E-state index contributed by atoms with van der Waals surface area (Å²) in [4.78, 5) is 39.9. The second kappa shape index (κ2) is 8.52. The number of carbonyl (C=O) groups excluding carboxylic acids is 1. The van der Waals surface area contributed by atoms with Crippen molar-refractivity contribution in [2.75, 3.05) is 41.3 Å². The molecule has 10 heteroatoms. The summed E-state index contributed by atoms with van der Waals surface area (Å²) in [6.07, 6.45) is 4.89. The van der Waals surface area contributed by atoms with Crippen molar-refractivity contribution in [1.82, 2.24) is 15.0 Å². The molecule has 10 nitrogen and oxygen atoms in total. The van der Waals surface area contributed by atoms with E-state index in [0.29, 0.717) is 17.2 Å². The Bertz CT molecular complexity index is 1020. The number of pyridine rings is 1. The number of piperazine rings is 1. The molecule has 0 radical (unpaired) electrons. The molecule has 0 spiro atoms. The van der Waals surface area contributed by atoms with Crippen molar-refractivity contribution >= 4 is 29.0 Å². The molecule has 1 aliphatic rings. The Morgan fingerprint density at radius 3 is 2.20 bits per heavy atom. The summed E-state index contributed by atoms with van der Waals surface area (Å²) >= 11 is 0. The molecule has 30 heavy (non-hydrogen) atoms. The van der Waals surface area contributed by atoms with Crippen molar-refractivity contribution in [3.8, 4) is 0 Å². The van der Waals surface area contributed by atoms with Crippen LogP contribution in [0.2, 0.25) is 0 Å². The normalized spacial score (nSPS) is 13.7. The fourth-order valence-corrected chi connectivity index (χ4v) is 3.16. The summed E-state index contributed by atoms with van der Waals surface area (Å²) in [6.45, 7) is 3.17. The first-order valence-electron chi connectivity index (χ1n) is 9.39. The summed E-state index contributed by atoms with van der Waals surface area (Å²) < 4.78 is 0. The van der Waals surface area contributed by atoms with E-state index in [0.717, 1.165) is 32.0 Å². The summed E-state index contributed by atoms with van der Waals surface area (Å²) in [7, 11) is 0. The third-order valence-corrected chi connectivity index (χ3v) is 4.77. The molecule has 3 heterocycles. The quantitative estimate of drug-likeness (QED) is 0.508. The van der Waals surface area contributed by atoms with Gasteiger partial charge in [-0.3, -0.25) is 14.9 Å². The van der Waals surface area contributed by atoms with E-state index in [4.69, 9.17) is 0 Å². The minimum absolute atomic E-state index is 0.0672. The van der Waals surface area contributed by atoms with Crippen LogP contribution >= 0.6 is 0 Å². The highest BCUT2D eigenvalue weighted by atomic mass is 16.6. The van der Waals surface area contributed by atoms with Crippen LogP contribution in [0.3, 0.4) is 0 Å². The Morgan fingerprint density at radius 1 is 0.933 bits per heavy atom. The third-order valence-electron chi connectivity index (χ3n) is 4.77. The molecule has 1 aliphatic heterocycles. The maximum Gasteiger partial charge on any atom is 0.269 e. The summed E-state index contributed by atoms with van der Waals surface area (Å²) in [5, 5.41) is 13.4. The van der Waals surface area contributed by atoms with Crippen LogP contribution in [0.5, 0.6) is 0 Å². The molecule has 3 aromatic rings. The van der Waals surface area contributed by atoms with Gasteiger partial charge in [0, 0.05) is 50.1 Å². The first-order chi connectivity index (χ1) is 14.6. The summed E-state index contributed by atoms with van der Waals surface area (Å²) in [6, 6.07) is 11.3. The van der Waals surface area contributed by atoms with Gasteiger partial charge in [0.15, 0.2) is 0 Å². The highest BCUT2D eigenvalue weighted by molar-refractivity contribution is 6.04. The van der Waals surface area contributed by atoms with Crippen LogP contribution in [-0.4, -0.2) is 52.0 Å². The average Bonchev–Trinajstić information content (AvgIpc) is 2.80. The maximum atomic E-state index is 12.3. The monoisotopic (exact) mass is 405 g/mol. The van der Waals surface area contributed by atoms with Gasteiger partial charge in [0.1, 0.15) is 5.82 Å². The topological polar surface area (TPSA) is 117 Å². The van der Waals surface area contributed by atoms with Crippen LogP contribution in [0.25, 0.3) is 0 Å². The van der Waals surface area contributed by atoms with Crippen LogP contribution in [0, 0.1) is 10.1 Å². The standard InChI is InChI=1S/C20H19N7O3/c28-19(15-4-6-17(7-5-15)27(29)30)24-16-13-22-20(23-14-16)26-11-9-25(10-12-26)18-3-1-2-8-21-18/h1-8,13-14H,9-12H2,(H,24,28). The number of anilines is 3. The summed E-state index contributed by atoms with van der Waals surface area (Å²) in [5.74, 6) is 1.18. The highest BCUT2D eigenvalue weighted by Crippen LogP contribution is 2.17. The maximum absolute atomic E-state index is 12.3.